The molecule has 0 aromatic heterocycles. The van der Waals surface area contributed by atoms with Gasteiger partial charge in [-0.2, -0.15) is 0 Å². The van der Waals surface area contributed by atoms with Gasteiger partial charge in [-0.15, -0.1) is 0 Å². The average molecular weight is 283 g/mol. The molecule has 0 fully saturated rings. The third kappa shape index (κ3) is 3.99. The summed E-state index contributed by atoms with van der Waals surface area (Å²) in [5, 5.41) is 2.88. The fourth-order valence-electron chi connectivity index (χ4n) is 2.12. The van der Waals surface area contributed by atoms with Crippen LogP contribution in [0.4, 0.5) is 17.1 Å². The lowest BCUT2D eigenvalue weighted by Crippen LogP contribution is -2.33. The summed E-state index contributed by atoms with van der Waals surface area (Å²) < 4.78 is 0. The molecule has 0 heterocycles. The molecule has 0 radical (unpaired) electrons. The van der Waals surface area contributed by atoms with E-state index in [1.807, 2.05) is 61.2 Å². The van der Waals surface area contributed by atoms with Gasteiger partial charge in [-0.05, 0) is 43.7 Å². The molecule has 0 atom stereocenters. The van der Waals surface area contributed by atoms with E-state index in [-0.39, 0.29) is 5.91 Å². The molecule has 4 nitrogen and oxygen atoms in total. The summed E-state index contributed by atoms with van der Waals surface area (Å²) in [5.74, 6) is -0.0519. The van der Waals surface area contributed by atoms with Gasteiger partial charge in [0.05, 0.1) is 6.54 Å². The number of nitrogens with zero attached hydrogens (tertiary/aromatic N) is 1. The number of rotatable bonds is 5. The van der Waals surface area contributed by atoms with Gasteiger partial charge in [-0.3, -0.25) is 4.79 Å². The lowest BCUT2D eigenvalue weighted by atomic mass is 10.2. The van der Waals surface area contributed by atoms with E-state index in [9.17, 15) is 4.79 Å². The van der Waals surface area contributed by atoms with Crippen LogP contribution in [-0.2, 0) is 4.79 Å². The Balaban J connectivity index is 2.01. The molecule has 2 rings (SSSR count). The number of amides is 1. The molecule has 0 aliphatic heterocycles. The largest absolute Gasteiger partial charge is 0.398 e. The number of benzene rings is 2. The highest BCUT2D eigenvalue weighted by atomic mass is 16.2. The van der Waals surface area contributed by atoms with Crippen LogP contribution in [0.25, 0.3) is 0 Å². The summed E-state index contributed by atoms with van der Waals surface area (Å²) in [6.07, 6.45) is 0. The third-order valence-electron chi connectivity index (χ3n) is 3.40. The minimum Gasteiger partial charge on any atom is -0.398 e. The van der Waals surface area contributed by atoms with Gasteiger partial charge in [0.15, 0.2) is 0 Å². The zero-order valence-electron chi connectivity index (χ0n) is 12.5. The van der Waals surface area contributed by atoms with Crippen LogP contribution < -0.4 is 16.0 Å². The van der Waals surface area contributed by atoms with Crippen LogP contribution in [0.5, 0.6) is 0 Å². The van der Waals surface area contributed by atoms with Crippen molar-refractivity contribution < 1.29 is 4.79 Å². The molecule has 21 heavy (non-hydrogen) atoms. The van der Waals surface area contributed by atoms with Crippen LogP contribution in [-0.4, -0.2) is 19.0 Å². The number of carbonyl (C=O) groups is 1. The van der Waals surface area contributed by atoms with E-state index in [4.69, 9.17) is 5.73 Å². The average Bonchev–Trinajstić information content (AvgIpc) is 2.49. The monoisotopic (exact) mass is 283 g/mol. The van der Waals surface area contributed by atoms with Gasteiger partial charge in [0, 0.05) is 23.6 Å². The minimum atomic E-state index is -0.0519. The third-order valence-corrected chi connectivity index (χ3v) is 3.40. The summed E-state index contributed by atoms with van der Waals surface area (Å²) in [6, 6.07) is 15.5. The van der Waals surface area contributed by atoms with Crippen molar-refractivity contribution in [3.05, 3.63) is 54.1 Å². The quantitative estimate of drug-likeness (QED) is 0.829. The normalized spacial score (nSPS) is 10.2. The van der Waals surface area contributed by atoms with E-state index in [2.05, 4.69) is 5.32 Å². The molecule has 0 spiro atoms. The van der Waals surface area contributed by atoms with Gasteiger partial charge in [0.2, 0.25) is 5.91 Å². The number of anilines is 3. The second-order valence-electron chi connectivity index (χ2n) is 4.97. The molecule has 1 amide bonds. The predicted molar refractivity (Wildman–Crippen MR) is 88.6 cm³/mol. The highest BCUT2D eigenvalue weighted by Gasteiger charge is 2.10. The first-order valence-corrected chi connectivity index (χ1v) is 7.06. The van der Waals surface area contributed by atoms with E-state index < -0.39 is 0 Å². The Morgan fingerprint density at radius 1 is 1.19 bits per heavy atom. The van der Waals surface area contributed by atoms with Crippen LogP contribution in [0.1, 0.15) is 12.5 Å². The van der Waals surface area contributed by atoms with E-state index in [0.717, 1.165) is 23.5 Å². The molecular formula is C17H21N3O. The Morgan fingerprint density at radius 2 is 1.90 bits per heavy atom. The van der Waals surface area contributed by atoms with Crippen LogP contribution in [0, 0.1) is 6.92 Å². The smallest absolute Gasteiger partial charge is 0.243 e. The number of nitrogens with two attached hydrogens (primary N) is 1. The number of hydrogen-bond donors (Lipinski definition) is 2. The summed E-state index contributed by atoms with van der Waals surface area (Å²) in [6.45, 7) is 5.06. The van der Waals surface area contributed by atoms with Crippen molar-refractivity contribution in [1.82, 2.24) is 0 Å². The number of hydrogen-bond acceptors (Lipinski definition) is 3. The molecule has 2 aromatic rings. The Kier molecular flexibility index (Phi) is 4.82. The number of carbonyl (C=O) groups excluding carboxylic acids is 1. The first kappa shape index (κ1) is 14.9. The van der Waals surface area contributed by atoms with Gasteiger partial charge in [-0.1, -0.05) is 24.3 Å². The molecular weight excluding hydrogens is 262 g/mol. The Labute approximate surface area is 125 Å². The molecule has 0 saturated carbocycles. The number of para-hydroxylation sites is 1. The Morgan fingerprint density at radius 3 is 2.52 bits per heavy atom. The summed E-state index contributed by atoms with van der Waals surface area (Å²) in [7, 11) is 0. The van der Waals surface area contributed by atoms with Gasteiger partial charge in [0.25, 0.3) is 0 Å². The van der Waals surface area contributed by atoms with Gasteiger partial charge in [0.1, 0.15) is 0 Å². The molecule has 110 valence electrons. The predicted octanol–water partition coefficient (Wildman–Crippen LogP) is 3.04. The van der Waals surface area contributed by atoms with Crippen molar-refractivity contribution in [2.75, 3.05) is 29.0 Å². The molecule has 0 bridgehead atoms. The number of nitrogen functional groups attached to an aromatic ring is 1. The highest BCUT2D eigenvalue weighted by molar-refractivity contribution is 5.94. The van der Waals surface area contributed by atoms with Crippen LogP contribution in [0.3, 0.4) is 0 Å². The standard InChI is InChI=1S/C17H21N3O/c1-3-20(15-7-5-4-6-8-15)12-17(21)19-14-10-9-13(2)16(18)11-14/h4-11H,3,12,18H2,1-2H3,(H,19,21). The maximum absolute atomic E-state index is 12.2. The van der Waals surface area contributed by atoms with Crippen LogP contribution >= 0.6 is 0 Å². The van der Waals surface area contributed by atoms with Crippen molar-refractivity contribution in [2.45, 2.75) is 13.8 Å². The van der Waals surface area contributed by atoms with Crippen LogP contribution in [0.2, 0.25) is 0 Å². The zero-order chi connectivity index (χ0) is 15.2. The summed E-state index contributed by atoms with van der Waals surface area (Å²) in [5.41, 5.74) is 9.31. The van der Waals surface area contributed by atoms with Crippen molar-refractivity contribution >= 4 is 23.0 Å². The lowest BCUT2D eigenvalue weighted by Gasteiger charge is -2.22. The molecule has 0 aliphatic rings. The van der Waals surface area contributed by atoms with Crippen LogP contribution in [0.15, 0.2) is 48.5 Å². The van der Waals surface area contributed by atoms with Crippen molar-refractivity contribution in [3.63, 3.8) is 0 Å². The molecule has 3 N–H and O–H groups in total. The fraction of sp³-hybridized carbons (Fsp3) is 0.235. The molecule has 4 heteroatoms. The summed E-state index contributed by atoms with van der Waals surface area (Å²) in [4.78, 5) is 14.2. The SMILES string of the molecule is CCN(CC(=O)Nc1ccc(C)c(N)c1)c1ccccc1. The number of nitrogens with one attached hydrogen (secondary N) is 1. The van der Waals surface area contributed by atoms with Crippen molar-refractivity contribution in [1.29, 1.82) is 0 Å². The van der Waals surface area contributed by atoms with Gasteiger partial charge >= 0.3 is 0 Å². The van der Waals surface area contributed by atoms with Gasteiger partial charge in [-0.25, -0.2) is 0 Å². The zero-order valence-corrected chi connectivity index (χ0v) is 12.5. The maximum Gasteiger partial charge on any atom is 0.243 e. The number of aryl methyl sites for hydroxylation is 1. The number of likely N-dealkylation sites (N-methyl/N-ethyl adjacent to an activating group) is 1. The second-order valence-corrected chi connectivity index (χ2v) is 4.97. The summed E-state index contributed by atoms with van der Waals surface area (Å²) >= 11 is 0. The fourth-order valence-corrected chi connectivity index (χ4v) is 2.12. The molecule has 0 saturated heterocycles. The molecule has 0 unspecified atom stereocenters. The van der Waals surface area contributed by atoms with Crippen molar-refractivity contribution in [2.24, 2.45) is 0 Å². The first-order valence-electron chi connectivity index (χ1n) is 7.06. The first-order chi connectivity index (χ1) is 10.1. The van der Waals surface area contributed by atoms with E-state index >= 15 is 0 Å². The Hall–Kier alpha value is -2.49. The Bertz CT molecular complexity index is 611. The highest BCUT2D eigenvalue weighted by Crippen LogP contribution is 2.17. The molecule has 2 aromatic carbocycles. The lowest BCUT2D eigenvalue weighted by molar-refractivity contribution is -0.115. The second kappa shape index (κ2) is 6.79. The maximum atomic E-state index is 12.2. The van der Waals surface area contributed by atoms with Crippen molar-refractivity contribution in [3.8, 4) is 0 Å². The van der Waals surface area contributed by atoms with E-state index in [1.165, 1.54) is 0 Å². The van der Waals surface area contributed by atoms with E-state index in [0.29, 0.717) is 12.2 Å². The molecule has 0 aliphatic carbocycles. The van der Waals surface area contributed by atoms with E-state index in [1.54, 1.807) is 6.07 Å². The topological polar surface area (TPSA) is 58.4 Å². The minimum absolute atomic E-state index is 0.0519. The van der Waals surface area contributed by atoms with Gasteiger partial charge < -0.3 is 16.0 Å².